The number of fused-ring (bicyclic) bond motifs is 1. The van der Waals surface area contributed by atoms with Gasteiger partial charge in [0.05, 0.1) is 18.2 Å². The molecule has 1 aromatic carbocycles. The van der Waals surface area contributed by atoms with Gasteiger partial charge in [-0.2, -0.15) is 0 Å². The van der Waals surface area contributed by atoms with Crippen LogP contribution in [0, 0.1) is 0 Å². The number of hydrogen-bond acceptors (Lipinski definition) is 4. The number of amides is 1. The summed E-state index contributed by atoms with van der Waals surface area (Å²) in [5, 5.41) is 6.26. The number of carbonyl (C=O) groups excluding carboxylic acids is 1. The Morgan fingerprint density at radius 1 is 1.50 bits per heavy atom. The highest BCUT2D eigenvalue weighted by atomic mass is 35.5. The molecule has 0 aliphatic carbocycles. The fraction of sp³-hybridized carbons (Fsp3) is 0.417. The first-order valence-electron chi connectivity index (χ1n) is 5.75. The zero-order valence-corrected chi connectivity index (χ0v) is 10.6. The van der Waals surface area contributed by atoms with Crippen molar-refractivity contribution in [2.45, 2.75) is 12.1 Å². The number of anilines is 1. The van der Waals surface area contributed by atoms with Gasteiger partial charge >= 0.3 is 0 Å². The highest BCUT2D eigenvalue weighted by Gasteiger charge is 2.31. The van der Waals surface area contributed by atoms with Gasteiger partial charge in [-0.1, -0.05) is 11.6 Å². The van der Waals surface area contributed by atoms with Crippen LogP contribution in [-0.4, -0.2) is 32.3 Å². The lowest BCUT2D eigenvalue weighted by molar-refractivity contribution is -0.117. The maximum Gasteiger partial charge on any atom is 0.246 e. The van der Waals surface area contributed by atoms with Gasteiger partial charge in [-0.3, -0.25) is 4.79 Å². The number of benzene rings is 1. The van der Waals surface area contributed by atoms with Crippen molar-refractivity contribution in [3.8, 4) is 5.75 Å². The summed E-state index contributed by atoms with van der Waals surface area (Å²) in [6, 6.07) is 3.19. The average molecular weight is 269 g/mol. The maximum atomic E-state index is 11.7. The van der Waals surface area contributed by atoms with Crippen LogP contribution in [0.25, 0.3) is 0 Å². The van der Waals surface area contributed by atoms with Crippen LogP contribution < -0.4 is 15.4 Å². The summed E-state index contributed by atoms with van der Waals surface area (Å²) < 4.78 is 10.7. The number of nitrogens with one attached hydrogen (secondary N) is 2. The fourth-order valence-corrected chi connectivity index (χ4v) is 2.32. The first-order valence-corrected chi connectivity index (χ1v) is 6.13. The Kier molecular flexibility index (Phi) is 2.89. The summed E-state index contributed by atoms with van der Waals surface area (Å²) in [6.45, 7) is 1.16. The van der Waals surface area contributed by atoms with E-state index in [1.165, 1.54) is 0 Å². The lowest BCUT2D eigenvalue weighted by Crippen LogP contribution is -2.38. The second-order valence-electron chi connectivity index (χ2n) is 4.36. The molecule has 6 heteroatoms. The minimum Gasteiger partial charge on any atom is -0.484 e. The molecule has 1 atom stereocenters. The van der Waals surface area contributed by atoms with Gasteiger partial charge in [0.2, 0.25) is 5.91 Å². The van der Waals surface area contributed by atoms with Crippen LogP contribution >= 0.6 is 11.6 Å². The van der Waals surface area contributed by atoms with Crippen molar-refractivity contribution in [3.63, 3.8) is 0 Å². The van der Waals surface area contributed by atoms with Crippen molar-refractivity contribution in [2.24, 2.45) is 0 Å². The highest BCUT2D eigenvalue weighted by molar-refractivity contribution is 6.32. The van der Waals surface area contributed by atoms with Crippen molar-refractivity contribution in [1.82, 2.24) is 5.32 Å². The predicted octanol–water partition coefficient (Wildman–Crippen LogP) is 1.33. The molecule has 2 aliphatic rings. The van der Waals surface area contributed by atoms with Crippen LogP contribution in [0.5, 0.6) is 5.75 Å². The molecule has 2 N–H and O–H groups in total. The van der Waals surface area contributed by atoms with Crippen LogP contribution in [0.4, 0.5) is 5.69 Å². The first kappa shape index (κ1) is 11.8. The van der Waals surface area contributed by atoms with Crippen LogP contribution in [0.3, 0.4) is 0 Å². The Morgan fingerprint density at radius 2 is 2.28 bits per heavy atom. The molecule has 0 saturated carbocycles. The number of likely N-dealkylation sites (N-methyl/N-ethyl adjacent to an activating group) is 1. The second-order valence-corrected chi connectivity index (χ2v) is 4.77. The fourth-order valence-electron chi connectivity index (χ4n) is 2.10. The van der Waals surface area contributed by atoms with Crippen molar-refractivity contribution in [2.75, 3.05) is 25.6 Å². The normalized spacial score (nSPS) is 22.3. The van der Waals surface area contributed by atoms with Crippen LogP contribution in [0.15, 0.2) is 12.1 Å². The zero-order chi connectivity index (χ0) is 12.7. The summed E-state index contributed by atoms with van der Waals surface area (Å²) in [5.41, 5.74) is 1.60. The SMILES string of the molecule is CNC1C(=O)Nc2cc(OC3COC3)c(Cl)cc21. The van der Waals surface area contributed by atoms with Crippen molar-refractivity contribution in [1.29, 1.82) is 0 Å². The molecular weight excluding hydrogens is 256 g/mol. The third-order valence-corrected chi connectivity index (χ3v) is 3.42. The molecule has 18 heavy (non-hydrogen) atoms. The van der Waals surface area contributed by atoms with Crippen molar-refractivity contribution in [3.05, 3.63) is 22.7 Å². The summed E-state index contributed by atoms with van der Waals surface area (Å²) in [5.74, 6) is 0.508. The number of hydrogen-bond donors (Lipinski definition) is 2. The Balaban J connectivity index is 1.91. The molecule has 3 rings (SSSR count). The molecule has 1 saturated heterocycles. The molecule has 0 radical (unpaired) electrons. The Labute approximate surface area is 109 Å². The molecule has 1 unspecified atom stereocenters. The van der Waals surface area contributed by atoms with Gasteiger partial charge in [0.25, 0.3) is 0 Å². The molecule has 0 bridgehead atoms. The predicted molar refractivity (Wildman–Crippen MR) is 67.1 cm³/mol. The Hall–Kier alpha value is -1.30. The lowest BCUT2D eigenvalue weighted by Gasteiger charge is -2.27. The third-order valence-electron chi connectivity index (χ3n) is 3.12. The summed E-state index contributed by atoms with van der Waals surface area (Å²) in [4.78, 5) is 11.7. The number of ether oxygens (including phenoxy) is 2. The van der Waals surface area contributed by atoms with E-state index in [2.05, 4.69) is 10.6 Å². The summed E-state index contributed by atoms with van der Waals surface area (Å²) in [6.07, 6.45) is 0.0535. The summed E-state index contributed by atoms with van der Waals surface area (Å²) >= 11 is 6.17. The van der Waals surface area contributed by atoms with Gasteiger partial charge in [0, 0.05) is 17.3 Å². The van der Waals surface area contributed by atoms with Gasteiger partial charge in [-0.15, -0.1) is 0 Å². The Bertz CT molecular complexity index is 502. The molecule has 96 valence electrons. The van der Waals surface area contributed by atoms with E-state index in [-0.39, 0.29) is 18.1 Å². The third kappa shape index (κ3) is 1.84. The topological polar surface area (TPSA) is 59.6 Å². The molecule has 5 nitrogen and oxygen atoms in total. The monoisotopic (exact) mass is 268 g/mol. The maximum absolute atomic E-state index is 11.7. The minimum atomic E-state index is -0.349. The summed E-state index contributed by atoms with van der Waals surface area (Å²) in [7, 11) is 1.74. The van der Waals surface area contributed by atoms with Gasteiger partial charge in [-0.25, -0.2) is 0 Å². The van der Waals surface area contributed by atoms with Gasteiger partial charge in [-0.05, 0) is 13.1 Å². The van der Waals surface area contributed by atoms with E-state index in [0.717, 1.165) is 11.3 Å². The smallest absolute Gasteiger partial charge is 0.246 e. The van der Waals surface area contributed by atoms with E-state index in [1.807, 2.05) is 0 Å². The molecule has 1 amide bonds. The van der Waals surface area contributed by atoms with Crippen molar-refractivity contribution < 1.29 is 14.3 Å². The molecule has 2 heterocycles. The first-order chi connectivity index (χ1) is 8.69. The number of halogens is 1. The zero-order valence-electron chi connectivity index (χ0n) is 9.83. The number of rotatable bonds is 3. The Morgan fingerprint density at radius 3 is 2.89 bits per heavy atom. The average Bonchev–Trinajstić information content (AvgIpc) is 2.58. The van der Waals surface area contributed by atoms with Gasteiger partial charge in [0.15, 0.2) is 0 Å². The quantitative estimate of drug-likeness (QED) is 0.868. The highest BCUT2D eigenvalue weighted by Crippen LogP contribution is 2.39. The van der Waals surface area contributed by atoms with E-state index < -0.39 is 0 Å². The standard InChI is InChI=1S/C12H13ClN2O3/c1-14-11-7-2-8(13)10(18-6-4-17-5-6)3-9(7)15-12(11)16/h2-3,6,11,14H,4-5H2,1H3,(H,15,16). The largest absolute Gasteiger partial charge is 0.484 e. The van der Waals surface area contributed by atoms with Gasteiger partial charge < -0.3 is 20.1 Å². The van der Waals surface area contributed by atoms with E-state index in [0.29, 0.717) is 24.0 Å². The number of carbonyl (C=O) groups is 1. The van der Waals surface area contributed by atoms with Crippen LogP contribution in [-0.2, 0) is 9.53 Å². The van der Waals surface area contributed by atoms with Gasteiger partial charge in [0.1, 0.15) is 17.9 Å². The van der Waals surface area contributed by atoms with E-state index in [4.69, 9.17) is 21.1 Å². The van der Waals surface area contributed by atoms with Crippen LogP contribution in [0.2, 0.25) is 5.02 Å². The second kappa shape index (κ2) is 4.42. The van der Waals surface area contributed by atoms with Crippen molar-refractivity contribution >= 4 is 23.2 Å². The minimum absolute atomic E-state index is 0.0535. The molecular formula is C12H13ClN2O3. The molecule has 2 aliphatic heterocycles. The van der Waals surface area contributed by atoms with Crippen LogP contribution in [0.1, 0.15) is 11.6 Å². The molecule has 1 fully saturated rings. The van der Waals surface area contributed by atoms with E-state index in [9.17, 15) is 4.79 Å². The lowest BCUT2D eigenvalue weighted by atomic mass is 10.1. The molecule has 0 spiro atoms. The van der Waals surface area contributed by atoms with E-state index >= 15 is 0 Å². The van der Waals surface area contributed by atoms with E-state index in [1.54, 1.807) is 19.2 Å². The molecule has 1 aromatic rings. The molecule has 0 aromatic heterocycles.